The lowest BCUT2D eigenvalue weighted by Gasteiger charge is -2.08. The number of hydrogen-bond donors (Lipinski definition) is 2. The van der Waals surface area contributed by atoms with Gasteiger partial charge in [0.1, 0.15) is 5.15 Å². The normalized spacial score (nSPS) is 10.1. The van der Waals surface area contributed by atoms with Crippen LogP contribution in [0, 0.1) is 0 Å². The highest BCUT2D eigenvalue weighted by Crippen LogP contribution is 2.22. The van der Waals surface area contributed by atoms with Gasteiger partial charge in [-0.15, -0.1) is 0 Å². The van der Waals surface area contributed by atoms with Crippen LogP contribution in [0.25, 0.3) is 0 Å². The molecule has 0 aliphatic rings. The van der Waals surface area contributed by atoms with Crippen LogP contribution in [0.2, 0.25) is 10.2 Å². The molecule has 0 spiro atoms. The van der Waals surface area contributed by atoms with E-state index < -0.39 is 11.9 Å². The second-order valence-corrected chi connectivity index (χ2v) is 4.64. The average Bonchev–Trinajstić information content (AvgIpc) is 2.39. The van der Waals surface area contributed by atoms with Crippen LogP contribution < -0.4 is 5.32 Å². The lowest BCUT2D eigenvalue weighted by molar-refractivity contribution is 0.0698. The summed E-state index contributed by atoms with van der Waals surface area (Å²) in [6, 6.07) is 7.07. The molecule has 0 saturated carbocycles. The molecule has 1 aromatic carbocycles. The highest BCUT2D eigenvalue weighted by atomic mass is 35.5. The van der Waals surface area contributed by atoms with Crippen molar-refractivity contribution in [1.29, 1.82) is 0 Å². The number of carboxylic acid groups (broad SMARTS) is 1. The molecule has 0 radical (unpaired) electrons. The minimum Gasteiger partial charge on any atom is -0.478 e. The second-order valence-electron chi connectivity index (χ2n) is 3.82. The van der Waals surface area contributed by atoms with Gasteiger partial charge in [-0.2, -0.15) is 0 Å². The Hall–Kier alpha value is -2.11. The van der Waals surface area contributed by atoms with E-state index in [1.54, 1.807) is 0 Å². The predicted octanol–water partition coefficient (Wildman–Crippen LogP) is 3.34. The van der Waals surface area contributed by atoms with E-state index >= 15 is 0 Å². The van der Waals surface area contributed by atoms with E-state index in [9.17, 15) is 9.59 Å². The van der Waals surface area contributed by atoms with Gasteiger partial charge < -0.3 is 10.4 Å². The Labute approximate surface area is 124 Å². The average molecular weight is 311 g/mol. The van der Waals surface area contributed by atoms with Gasteiger partial charge in [0.05, 0.1) is 16.8 Å². The fourth-order valence-electron chi connectivity index (χ4n) is 1.51. The first-order chi connectivity index (χ1) is 9.47. The van der Waals surface area contributed by atoms with Gasteiger partial charge in [0.2, 0.25) is 0 Å². The summed E-state index contributed by atoms with van der Waals surface area (Å²) in [6.07, 6.45) is 1.29. The summed E-state index contributed by atoms with van der Waals surface area (Å²) in [7, 11) is 0. The maximum absolute atomic E-state index is 12.0. The van der Waals surface area contributed by atoms with Gasteiger partial charge in [-0.05, 0) is 30.3 Å². The van der Waals surface area contributed by atoms with Crippen LogP contribution in [-0.2, 0) is 0 Å². The van der Waals surface area contributed by atoms with Gasteiger partial charge in [0.25, 0.3) is 5.91 Å². The van der Waals surface area contributed by atoms with E-state index in [0.29, 0.717) is 5.02 Å². The van der Waals surface area contributed by atoms with Crippen molar-refractivity contribution in [3.8, 4) is 0 Å². The van der Waals surface area contributed by atoms with Crippen LogP contribution in [-0.4, -0.2) is 22.0 Å². The molecule has 0 aliphatic heterocycles. The van der Waals surface area contributed by atoms with Gasteiger partial charge in [0, 0.05) is 11.2 Å². The van der Waals surface area contributed by atoms with Gasteiger partial charge in [-0.3, -0.25) is 4.79 Å². The molecule has 7 heteroatoms. The molecule has 102 valence electrons. The number of carbonyl (C=O) groups excluding carboxylic acids is 1. The Balaban J connectivity index is 2.29. The summed E-state index contributed by atoms with van der Waals surface area (Å²) in [5, 5.41) is 12.1. The molecule has 0 saturated heterocycles. The number of nitrogens with zero attached hydrogens (tertiary/aromatic N) is 1. The molecular formula is C13H8Cl2N2O3. The summed E-state index contributed by atoms with van der Waals surface area (Å²) >= 11 is 11.4. The molecule has 0 unspecified atom stereocenters. The number of aromatic carboxylic acids is 1. The first kappa shape index (κ1) is 14.3. The number of nitrogens with one attached hydrogen (secondary N) is 1. The topological polar surface area (TPSA) is 79.3 Å². The molecule has 1 aromatic heterocycles. The first-order valence-electron chi connectivity index (χ1n) is 5.43. The second kappa shape index (κ2) is 5.90. The molecule has 20 heavy (non-hydrogen) atoms. The number of anilines is 1. The summed E-state index contributed by atoms with van der Waals surface area (Å²) in [4.78, 5) is 26.8. The molecule has 2 aromatic rings. The Morgan fingerprint density at radius 3 is 2.50 bits per heavy atom. The van der Waals surface area contributed by atoms with E-state index in [1.165, 1.54) is 36.5 Å². The van der Waals surface area contributed by atoms with Crippen LogP contribution in [0.3, 0.4) is 0 Å². The maximum Gasteiger partial charge on any atom is 0.337 e. The molecule has 1 amide bonds. The number of pyridine rings is 1. The number of hydrogen-bond acceptors (Lipinski definition) is 3. The number of benzene rings is 1. The van der Waals surface area contributed by atoms with Crippen molar-refractivity contribution in [2.75, 3.05) is 5.32 Å². The van der Waals surface area contributed by atoms with Crippen molar-refractivity contribution in [3.05, 3.63) is 57.8 Å². The number of carboxylic acids is 1. The Morgan fingerprint density at radius 2 is 1.90 bits per heavy atom. The summed E-state index contributed by atoms with van der Waals surface area (Å²) in [5.41, 5.74) is 0.320. The highest BCUT2D eigenvalue weighted by molar-refractivity contribution is 6.31. The minimum atomic E-state index is -1.16. The summed E-state index contributed by atoms with van der Waals surface area (Å²) in [5.74, 6) is -1.66. The van der Waals surface area contributed by atoms with Crippen LogP contribution in [0.4, 0.5) is 5.69 Å². The molecular weight excluding hydrogens is 303 g/mol. The minimum absolute atomic E-state index is 0.0512. The van der Waals surface area contributed by atoms with Crippen LogP contribution in [0.5, 0.6) is 0 Å². The van der Waals surface area contributed by atoms with Crippen molar-refractivity contribution in [1.82, 2.24) is 4.98 Å². The Kier molecular flexibility index (Phi) is 4.22. The Bertz CT molecular complexity index is 672. The van der Waals surface area contributed by atoms with Crippen LogP contribution in [0.15, 0.2) is 36.5 Å². The van der Waals surface area contributed by atoms with E-state index in [2.05, 4.69) is 10.3 Å². The highest BCUT2D eigenvalue weighted by Gasteiger charge is 2.14. The number of rotatable bonds is 3. The monoisotopic (exact) mass is 310 g/mol. The third-order valence-electron chi connectivity index (χ3n) is 2.45. The zero-order valence-electron chi connectivity index (χ0n) is 9.93. The number of carbonyl (C=O) groups is 2. The zero-order chi connectivity index (χ0) is 14.7. The third kappa shape index (κ3) is 3.26. The summed E-state index contributed by atoms with van der Waals surface area (Å²) < 4.78 is 0. The van der Waals surface area contributed by atoms with Crippen molar-refractivity contribution in [2.24, 2.45) is 0 Å². The van der Waals surface area contributed by atoms with Crippen LogP contribution in [0.1, 0.15) is 20.7 Å². The van der Waals surface area contributed by atoms with Crippen molar-refractivity contribution < 1.29 is 14.7 Å². The molecule has 1 heterocycles. The van der Waals surface area contributed by atoms with E-state index in [1.807, 2.05) is 0 Å². The quantitative estimate of drug-likeness (QED) is 0.852. The molecule has 2 rings (SSSR count). The van der Waals surface area contributed by atoms with Gasteiger partial charge in [-0.1, -0.05) is 23.2 Å². The van der Waals surface area contributed by atoms with Crippen molar-refractivity contribution in [3.63, 3.8) is 0 Å². The SMILES string of the molecule is O=C(Nc1cc(Cl)ccc1C(=O)O)c1ccc(Cl)nc1. The predicted molar refractivity (Wildman–Crippen MR) is 75.6 cm³/mol. The fraction of sp³-hybridized carbons (Fsp3) is 0. The molecule has 5 nitrogen and oxygen atoms in total. The van der Waals surface area contributed by atoms with Crippen molar-refractivity contribution in [2.45, 2.75) is 0 Å². The maximum atomic E-state index is 12.0. The van der Waals surface area contributed by atoms with E-state index in [0.717, 1.165) is 0 Å². The smallest absolute Gasteiger partial charge is 0.337 e. The van der Waals surface area contributed by atoms with Crippen LogP contribution >= 0.6 is 23.2 Å². The molecule has 0 atom stereocenters. The van der Waals surface area contributed by atoms with Crippen molar-refractivity contribution >= 4 is 40.8 Å². The number of aromatic nitrogens is 1. The van der Waals surface area contributed by atoms with E-state index in [4.69, 9.17) is 28.3 Å². The standard InChI is InChI=1S/C13H8Cl2N2O3/c14-8-2-3-9(13(19)20)10(5-8)17-12(18)7-1-4-11(15)16-6-7/h1-6H,(H,17,18)(H,19,20). The van der Waals surface area contributed by atoms with Gasteiger partial charge in [0.15, 0.2) is 0 Å². The fourth-order valence-corrected chi connectivity index (χ4v) is 1.79. The first-order valence-corrected chi connectivity index (χ1v) is 6.18. The molecule has 0 fully saturated rings. The Morgan fingerprint density at radius 1 is 1.15 bits per heavy atom. The summed E-state index contributed by atoms with van der Waals surface area (Å²) in [6.45, 7) is 0. The lowest BCUT2D eigenvalue weighted by Crippen LogP contribution is -2.15. The number of amides is 1. The third-order valence-corrected chi connectivity index (χ3v) is 2.91. The molecule has 2 N–H and O–H groups in total. The van der Waals surface area contributed by atoms with Gasteiger partial charge >= 0.3 is 5.97 Å². The number of halogens is 2. The van der Waals surface area contributed by atoms with Gasteiger partial charge in [-0.25, -0.2) is 9.78 Å². The largest absolute Gasteiger partial charge is 0.478 e. The zero-order valence-corrected chi connectivity index (χ0v) is 11.4. The van der Waals surface area contributed by atoms with E-state index in [-0.39, 0.29) is 22.0 Å². The molecule has 0 aliphatic carbocycles. The molecule has 0 bridgehead atoms. The lowest BCUT2D eigenvalue weighted by atomic mass is 10.1.